The van der Waals surface area contributed by atoms with Crippen LogP contribution in [0.2, 0.25) is 0 Å². The first-order chi connectivity index (χ1) is 15.6. The van der Waals surface area contributed by atoms with Crippen molar-refractivity contribution in [3.63, 3.8) is 0 Å². The third-order valence-electron chi connectivity index (χ3n) is 6.36. The van der Waals surface area contributed by atoms with Crippen molar-refractivity contribution in [2.24, 2.45) is 0 Å². The lowest BCUT2D eigenvalue weighted by Gasteiger charge is -2.28. The van der Waals surface area contributed by atoms with Crippen molar-refractivity contribution >= 4 is 17.4 Å². The van der Waals surface area contributed by atoms with Crippen molar-refractivity contribution in [2.75, 3.05) is 26.9 Å². The number of amides is 1. The number of ketones is 1. The monoisotopic (exact) mass is 435 g/mol. The molecule has 3 aliphatic heterocycles. The van der Waals surface area contributed by atoms with Gasteiger partial charge in [-0.2, -0.15) is 0 Å². The van der Waals surface area contributed by atoms with Crippen LogP contribution in [0.4, 0.5) is 0 Å². The van der Waals surface area contributed by atoms with Gasteiger partial charge in [-0.05, 0) is 42.7 Å². The Morgan fingerprint density at radius 1 is 1.19 bits per heavy atom. The van der Waals surface area contributed by atoms with E-state index in [1.807, 2.05) is 24.3 Å². The summed E-state index contributed by atoms with van der Waals surface area (Å²) in [6, 6.07) is 11.8. The lowest BCUT2D eigenvalue weighted by Crippen LogP contribution is -2.36. The largest absolute Gasteiger partial charge is 0.507 e. The fourth-order valence-corrected chi connectivity index (χ4v) is 4.78. The Labute approximate surface area is 186 Å². The van der Waals surface area contributed by atoms with E-state index in [0.717, 1.165) is 30.6 Å². The maximum atomic E-state index is 13.2. The summed E-state index contributed by atoms with van der Waals surface area (Å²) < 4.78 is 16.8. The van der Waals surface area contributed by atoms with Gasteiger partial charge in [0.15, 0.2) is 0 Å². The molecule has 0 aliphatic carbocycles. The number of rotatable bonds is 5. The fourth-order valence-electron chi connectivity index (χ4n) is 4.78. The zero-order chi connectivity index (χ0) is 22.2. The molecule has 166 valence electrons. The van der Waals surface area contributed by atoms with Crippen molar-refractivity contribution in [1.82, 2.24) is 4.90 Å². The third-order valence-corrected chi connectivity index (χ3v) is 6.36. The molecule has 7 heteroatoms. The van der Waals surface area contributed by atoms with Crippen LogP contribution >= 0.6 is 0 Å². The summed E-state index contributed by atoms with van der Waals surface area (Å²) in [5, 5.41) is 11.3. The number of para-hydroxylation sites is 1. The van der Waals surface area contributed by atoms with Crippen LogP contribution in [0.1, 0.15) is 35.6 Å². The van der Waals surface area contributed by atoms with E-state index in [4.69, 9.17) is 14.2 Å². The summed E-state index contributed by atoms with van der Waals surface area (Å²) in [5.41, 5.74) is 2.18. The van der Waals surface area contributed by atoms with Crippen LogP contribution in [-0.4, -0.2) is 54.7 Å². The predicted octanol–water partition coefficient (Wildman–Crippen LogP) is 3.23. The molecular formula is C25H25NO6. The second-order valence-corrected chi connectivity index (χ2v) is 8.25. The topological polar surface area (TPSA) is 85.3 Å². The van der Waals surface area contributed by atoms with Crippen molar-refractivity contribution in [2.45, 2.75) is 31.4 Å². The summed E-state index contributed by atoms with van der Waals surface area (Å²) in [4.78, 5) is 27.8. The highest BCUT2D eigenvalue weighted by Gasteiger charge is 2.48. The molecule has 2 aromatic rings. The Morgan fingerprint density at radius 3 is 2.81 bits per heavy atom. The van der Waals surface area contributed by atoms with E-state index in [2.05, 4.69) is 0 Å². The highest BCUT2D eigenvalue weighted by Crippen LogP contribution is 2.43. The van der Waals surface area contributed by atoms with Gasteiger partial charge in [0.25, 0.3) is 11.7 Å². The number of fused-ring (bicyclic) bond motifs is 1. The molecule has 7 nitrogen and oxygen atoms in total. The van der Waals surface area contributed by atoms with Gasteiger partial charge in [-0.3, -0.25) is 9.59 Å². The summed E-state index contributed by atoms with van der Waals surface area (Å²) in [5.74, 6) is -0.203. The van der Waals surface area contributed by atoms with E-state index >= 15 is 0 Å². The standard InChI is InChI=1S/C25H25NO6/c1-30-20-7-3-2-6-18(20)22-21(23(27)16-8-9-19-15(13-16)10-12-32-19)24(28)25(29)26(22)14-17-5-4-11-31-17/h2-3,6-9,13,17,22,27H,4-5,10-12,14H2,1H3/b23-21+. The van der Waals surface area contributed by atoms with Crippen LogP contribution in [0.25, 0.3) is 5.76 Å². The van der Waals surface area contributed by atoms with Crippen LogP contribution in [-0.2, 0) is 20.7 Å². The van der Waals surface area contributed by atoms with Crippen LogP contribution in [0.5, 0.6) is 11.5 Å². The molecule has 0 saturated carbocycles. The Kier molecular flexibility index (Phi) is 5.35. The molecule has 32 heavy (non-hydrogen) atoms. The number of carbonyl (C=O) groups excluding carboxylic acids is 2. The summed E-state index contributed by atoms with van der Waals surface area (Å²) in [6.07, 6.45) is 2.35. The summed E-state index contributed by atoms with van der Waals surface area (Å²) >= 11 is 0. The average Bonchev–Trinajstić information content (AvgIpc) is 3.55. The number of hydrogen-bond acceptors (Lipinski definition) is 6. The lowest BCUT2D eigenvalue weighted by molar-refractivity contribution is -0.140. The second-order valence-electron chi connectivity index (χ2n) is 8.25. The number of aliphatic hydroxyl groups is 1. The maximum Gasteiger partial charge on any atom is 0.295 e. The molecule has 3 aliphatic rings. The van der Waals surface area contributed by atoms with E-state index in [-0.39, 0.29) is 24.0 Å². The van der Waals surface area contributed by atoms with E-state index in [1.165, 1.54) is 4.90 Å². The molecule has 3 heterocycles. The Hall–Kier alpha value is -3.32. The second kappa shape index (κ2) is 8.31. The highest BCUT2D eigenvalue weighted by molar-refractivity contribution is 6.46. The molecule has 5 rings (SSSR count). The first kappa shape index (κ1) is 20.6. The van der Waals surface area contributed by atoms with Crippen LogP contribution in [0, 0.1) is 0 Å². The van der Waals surface area contributed by atoms with Crippen molar-refractivity contribution in [3.05, 3.63) is 64.7 Å². The Balaban J connectivity index is 1.64. The number of hydrogen-bond donors (Lipinski definition) is 1. The molecule has 0 radical (unpaired) electrons. The summed E-state index contributed by atoms with van der Waals surface area (Å²) in [7, 11) is 1.55. The van der Waals surface area contributed by atoms with E-state index in [9.17, 15) is 14.7 Å². The number of aliphatic hydroxyl groups excluding tert-OH is 1. The van der Waals surface area contributed by atoms with Gasteiger partial charge in [-0.1, -0.05) is 18.2 Å². The van der Waals surface area contributed by atoms with Gasteiger partial charge in [0.2, 0.25) is 0 Å². The Morgan fingerprint density at radius 2 is 2.03 bits per heavy atom. The number of methoxy groups -OCH3 is 1. The first-order valence-corrected chi connectivity index (χ1v) is 10.9. The predicted molar refractivity (Wildman–Crippen MR) is 117 cm³/mol. The number of Topliss-reactive ketones (excluding diaryl/α,β-unsaturated/α-hetero) is 1. The van der Waals surface area contributed by atoms with Gasteiger partial charge >= 0.3 is 0 Å². The molecule has 2 fully saturated rings. The summed E-state index contributed by atoms with van der Waals surface area (Å²) in [6.45, 7) is 1.51. The molecule has 1 N–H and O–H groups in total. The molecule has 2 saturated heterocycles. The number of benzene rings is 2. The van der Waals surface area contributed by atoms with Gasteiger partial charge < -0.3 is 24.2 Å². The molecule has 0 spiro atoms. The normalized spacial score (nSPS) is 24.0. The SMILES string of the molecule is COc1ccccc1C1/C(=C(\O)c2ccc3c(c2)CCO3)C(=O)C(=O)N1CC1CCCO1. The Bertz CT molecular complexity index is 1100. The molecule has 2 aromatic carbocycles. The highest BCUT2D eigenvalue weighted by atomic mass is 16.5. The molecule has 2 atom stereocenters. The van der Waals surface area contributed by atoms with Crippen molar-refractivity contribution in [1.29, 1.82) is 0 Å². The zero-order valence-electron chi connectivity index (χ0n) is 17.9. The van der Waals surface area contributed by atoms with E-state index < -0.39 is 17.7 Å². The zero-order valence-corrected chi connectivity index (χ0v) is 17.9. The first-order valence-electron chi connectivity index (χ1n) is 10.9. The van der Waals surface area contributed by atoms with Crippen molar-refractivity contribution in [3.8, 4) is 11.5 Å². The minimum absolute atomic E-state index is 0.0661. The van der Waals surface area contributed by atoms with E-state index in [1.54, 1.807) is 25.3 Å². The van der Waals surface area contributed by atoms with Gasteiger partial charge in [-0.25, -0.2) is 0 Å². The third kappa shape index (κ3) is 3.42. The minimum atomic E-state index is -0.764. The van der Waals surface area contributed by atoms with Gasteiger partial charge in [0.1, 0.15) is 17.3 Å². The molecule has 0 bridgehead atoms. The number of carbonyl (C=O) groups is 2. The molecule has 0 aromatic heterocycles. The van der Waals surface area contributed by atoms with E-state index in [0.29, 0.717) is 30.1 Å². The molecule has 2 unspecified atom stereocenters. The van der Waals surface area contributed by atoms with Crippen molar-refractivity contribution < 1.29 is 28.9 Å². The molecule has 1 amide bonds. The number of nitrogens with zero attached hydrogens (tertiary/aromatic N) is 1. The average molecular weight is 435 g/mol. The lowest BCUT2D eigenvalue weighted by atomic mass is 9.94. The number of ether oxygens (including phenoxy) is 3. The minimum Gasteiger partial charge on any atom is -0.507 e. The quantitative estimate of drug-likeness (QED) is 0.441. The fraction of sp³-hybridized carbons (Fsp3) is 0.360. The van der Waals surface area contributed by atoms with Gasteiger partial charge in [0.05, 0.1) is 31.4 Å². The maximum absolute atomic E-state index is 13.2. The number of likely N-dealkylation sites (tertiary alicyclic amines) is 1. The van der Waals surface area contributed by atoms with Gasteiger partial charge in [0, 0.05) is 30.7 Å². The van der Waals surface area contributed by atoms with Gasteiger partial charge in [-0.15, -0.1) is 0 Å². The molecular weight excluding hydrogens is 410 g/mol. The smallest absolute Gasteiger partial charge is 0.295 e. The van der Waals surface area contributed by atoms with Crippen LogP contribution in [0.3, 0.4) is 0 Å². The van der Waals surface area contributed by atoms with Crippen LogP contribution in [0.15, 0.2) is 48.0 Å². The van der Waals surface area contributed by atoms with Crippen LogP contribution < -0.4 is 9.47 Å².